The van der Waals surface area contributed by atoms with E-state index in [1.165, 1.54) is 24.1 Å². The molecule has 0 spiro atoms. The molecule has 2 N–H and O–H groups in total. The minimum absolute atomic E-state index is 0.0473. The number of nitrogens with one attached hydrogen (secondary N) is 1. The van der Waals surface area contributed by atoms with Crippen LogP contribution in [-0.4, -0.2) is 15.1 Å². The van der Waals surface area contributed by atoms with Gasteiger partial charge in [0.1, 0.15) is 0 Å². The van der Waals surface area contributed by atoms with Gasteiger partial charge in [-0.25, -0.2) is 0 Å². The average Bonchev–Trinajstić information content (AvgIpc) is 2.65. The van der Waals surface area contributed by atoms with Gasteiger partial charge in [0.15, 0.2) is 0 Å². The molecule has 0 amide bonds. The van der Waals surface area contributed by atoms with E-state index in [2.05, 4.69) is 31.8 Å². The number of rotatable bonds is 1. The van der Waals surface area contributed by atoms with E-state index < -0.39 is 0 Å². The van der Waals surface area contributed by atoms with Crippen molar-refractivity contribution >= 4 is 11.0 Å². The molecule has 0 bridgehead atoms. The molecule has 1 atom stereocenters. The number of aliphatic hydroxyl groups is 1. The molecule has 0 saturated heterocycles. The van der Waals surface area contributed by atoms with Gasteiger partial charge in [0, 0.05) is 11.4 Å². The number of aliphatic hydroxyl groups excluding tert-OH is 1. The zero-order chi connectivity index (χ0) is 14.3. The Morgan fingerprint density at radius 2 is 2.15 bits per heavy atom. The van der Waals surface area contributed by atoms with E-state index in [9.17, 15) is 5.11 Å². The van der Waals surface area contributed by atoms with E-state index in [-0.39, 0.29) is 6.61 Å². The number of aromatic amines is 1. The summed E-state index contributed by atoms with van der Waals surface area (Å²) in [5.41, 5.74) is 5.89. The normalized spacial score (nSPS) is 19.9. The van der Waals surface area contributed by atoms with Gasteiger partial charge in [0.25, 0.3) is 0 Å². The fourth-order valence-electron chi connectivity index (χ4n) is 3.29. The Bertz CT molecular complexity index is 622. The highest BCUT2D eigenvalue weighted by Crippen LogP contribution is 2.36. The lowest BCUT2D eigenvalue weighted by Gasteiger charge is -2.29. The predicted molar refractivity (Wildman–Crippen MR) is 81.6 cm³/mol. The third-order valence-corrected chi connectivity index (χ3v) is 4.65. The molecule has 0 radical (unpaired) electrons. The smallest absolute Gasteiger partial charge is 0.0886 e. The lowest BCUT2D eigenvalue weighted by Crippen LogP contribution is -2.22. The number of H-pyrrole nitrogens is 1. The summed E-state index contributed by atoms with van der Waals surface area (Å²) in [7, 11) is 0. The van der Waals surface area contributed by atoms with Crippen molar-refractivity contribution in [2.24, 2.45) is 11.3 Å². The Labute approximate surface area is 120 Å². The monoisotopic (exact) mass is 272 g/mol. The number of hydrogen-bond acceptors (Lipinski definition) is 2. The molecular formula is C17H24N2O. The molecule has 0 saturated carbocycles. The van der Waals surface area contributed by atoms with Crippen LogP contribution in [0.2, 0.25) is 0 Å². The summed E-state index contributed by atoms with van der Waals surface area (Å²) < 4.78 is 0. The Morgan fingerprint density at radius 3 is 2.85 bits per heavy atom. The van der Waals surface area contributed by atoms with Crippen LogP contribution in [0.25, 0.3) is 11.0 Å². The van der Waals surface area contributed by atoms with Gasteiger partial charge >= 0.3 is 0 Å². The Hall–Kier alpha value is -1.35. The van der Waals surface area contributed by atoms with Crippen LogP contribution in [0, 0.1) is 11.3 Å². The van der Waals surface area contributed by atoms with E-state index in [0.717, 1.165) is 35.5 Å². The van der Waals surface area contributed by atoms with Gasteiger partial charge in [-0.15, -0.1) is 0 Å². The molecule has 2 aromatic heterocycles. The fourth-order valence-corrected chi connectivity index (χ4v) is 3.29. The standard InChI is InChI=1S/C17H24N2O/c1-17(2,3)12-5-4-6-14-11(7-12)8-15-16(19-14)9-13(10-20)18-15/h8-9,12,18,20H,4-7,10H2,1-3H3. The number of nitrogens with zero attached hydrogens (tertiary/aromatic N) is 1. The van der Waals surface area contributed by atoms with E-state index in [4.69, 9.17) is 4.98 Å². The van der Waals surface area contributed by atoms with Crippen LogP contribution >= 0.6 is 0 Å². The van der Waals surface area contributed by atoms with E-state index in [0.29, 0.717) is 5.41 Å². The van der Waals surface area contributed by atoms with Crippen LogP contribution in [0.15, 0.2) is 12.1 Å². The van der Waals surface area contributed by atoms with E-state index in [1.54, 1.807) is 0 Å². The summed E-state index contributed by atoms with van der Waals surface area (Å²) in [5, 5.41) is 9.24. The highest BCUT2D eigenvalue weighted by Gasteiger charge is 2.28. The minimum atomic E-state index is 0.0473. The first-order valence-corrected chi connectivity index (χ1v) is 7.58. The summed E-state index contributed by atoms with van der Waals surface area (Å²) in [6.07, 6.45) is 4.72. The number of hydrogen-bond donors (Lipinski definition) is 2. The van der Waals surface area contributed by atoms with Gasteiger partial charge < -0.3 is 10.1 Å². The zero-order valence-electron chi connectivity index (χ0n) is 12.7. The van der Waals surface area contributed by atoms with Crippen LogP contribution < -0.4 is 0 Å². The summed E-state index contributed by atoms with van der Waals surface area (Å²) in [4.78, 5) is 8.08. The van der Waals surface area contributed by atoms with E-state index in [1.807, 2.05) is 6.07 Å². The number of fused-ring (bicyclic) bond motifs is 2. The van der Waals surface area contributed by atoms with Crippen molar-refractivity contribution in [3.8, 4) is 0 Å². The van der Waals surface area contributed by atoms with Crippen molar-refractivity contribution in [2.45, 2.75) is 53.1 Å². The largest absolute Gasteiger partial charge is 0.390 e. The summed E-state index contributed by atoms with van der Waals surface area (Å²) in [5.74, 6) is 0.718. The molecule has 1 unspecified atom stereocenters. The molecule has 0 aromatic carbocycles. The van der Waals surface area contributed by atoms with Crippen molar-refractivity contribution in [3.05, 3.63) is 29.1 Å². The molecule has 3 rings (SSSR count). The van der Waals surface area contributed by atoms with Crippen LogP contribution in [0.5, 0.6) is 0 Å². The second-order valence-corrected chi connectivity index (χ2v) is 7.14. The van der Waals surface area contributed by atoms with Crippen molar-refractivity contribution in [3.63, 3.8) is 0 Å². The molecule has 1 aliphatic carbocycles. The first-order valence-electron chi connectivity index (χ1n) is 7.58. The zero-order valence-corrected chi connectivity index (χ0v) is 12.7. The SMILES string of the molecule is CC(C)(C)C1CCCc2nc3cc(CO)[nH]c3cc2C1. The lowest BCUT2D eigenvalue weighted by molar-refractivity contribution is 0.224. The van der Waals surface area contributed by atoms with Crippen molar-refractivity contribution < 1.29 is 5.11 Å². The lowest BCUT2D eigenvalue weighted by atomic mass is 9.76. The summed E-state index contributed by atoms with van der Waals surface area (Å²) >= 11 is 0. The molecule has 0 aliphatic heterocycles. The van der Waals surface area contributed by atoms with E-state index >= 15 is 0 Å². The van der Waals surface area contributed by atoms with Gasteiger partial charge in [-0.05, 0) is 54.7 Å². The summed E-state index contributed by atoms with van der Waals surface area (Å²) in [6, 6.07) is 4.21. The second kappa shape index (κ2) is 4.88. The number of aromatic nitrogens is 2. The molecule has 2 heterocycles. The highest BCUT2D eigenvalue weighted by atomic mass is 16.3. The maximum absolute atomic E-state index is 9.24. The highest BCUT2D eigenvalue weighted by molar-refractivity contribution is 5.77. The molecule has 3 heteroatoms. The van der Waals surface area contributed by atoms with Crippen molar-refractivity contribution in [2.75, 3.05) is 0 Å². The Kier molecular flexibility index (Phi) is 3.33. The molecule has 2 aromatic rings. The quantitative estimate of drug-likeness (QED) is 0.779. The Balaban J connectivity index is 2.02. The van der Waals surface area contributed by atoms with Gasteiger partial charge in [0.2, 0.25) is 0 Å². The molecular weight excluding hydrogens is 248 g/mol. The maximum Gasteiger partial charge on any atom is 0.0886 e. The molecule has 0 fully saturated rings. The van der Waals surface area contributed by atoms with Crippen LogP contribution in [-0.2, 0) is 19.4 Å². The van der Waals surface area contributed by atoms with Gasteiger partial charge in [-0.3, -0.25) is 4.98 Å². The molecule has 3 nitrogen and oxygen atoms in total. The van der Waals surface area contributed by atoms with Crippen LogP contribution in [0.1, 0.15) is 50.6 Å². The predicted octanol–water partition coefficient (Wildman–Crippen LogP) is 3.60. The average molecular weight is 272 g/mol. The summed E-state index contributed by atoms with van der Waals surface area (Å²) in [6.45, 7) is 7.07. The van der Waals surface area contributed by atoms with Crippen LogP contribution in [0.3, 0.4) is 0 Å². The van der Waals surface area contributed by atoms with Gasteiger partial charge in [0.05, 0.1) is 17.6 Å². The van der Waals surface area contributed by atoms with Crippen molar-refractivity contribution in [1.82, 2.24) is 9.97 Å². The molecule has 1 aliphatic rings. The van der Waals surface area contributed by atoms with Gasteiger partial charge in [-0.2, -0.15) is 0 Å². The second-order valence-electron chi connectivity index (χ2n) is 7.14. The van der Waals surface area contributed by atoms with Crippen LogP contribution in [0.4, 0.5) is 0 Å². The number of pyridine rings is 1. The third kappa shape index (κ3) is 2.47. The first kappa shape index (κ1) is 13.6. The maximum atomic E-state index is 9.24. The Morgan fingerprint density at radius 1 is 1.35 bits per heavy atom. The number of aryl methyl sites for hydroxylation is 1. The fraction of sp³-hybridized carbons (Fsp3) is 0.588. The minimum Gasteiger partial charge on any atom is -0.390 e. The first-order chi connectivity index (χ1) is 9.47. The van der Waals surface area contributed by atoms with Gasteiger partial charge in [-0.1, -0.05) is 20.8 Å². The topological polar surface area (TPSA) is 48.9 Å². The van der Waals surface area contributed by atoms with Crippen molar-refractivity contribution in [1.29, 1.82) is 0 Å². The molecule has 20 heavy (non-hydrogen) atoms. The molecule has 108 valence electrons. The third-order valence-electron chi connectivity index (χ3n) is 4.65.